The Kier molecular flexibility index (Phi) is 5.50. The highest BCUT2D eigenvalue weighted by molar-refractivity contribution is 5.90. The van der Waals surface area contributed by atoms with Crippen molar-refractivity contribution in [1.82, 2.24) is 4.98 Å². The van der Waals surface area contributed by atoms with Crippen LogP contribution in [-0.4, -0.2) is 17.6 Å². The largest absolute Gasteiger partial charge is 0.487 e. The zero-order valence-electron chi connectivity index (χ0n) is 12.3. The van der Waals surface area contributed by atoms with E-state index in [1.54, 1.807) is 6.07 Å². The molecule has 5 nitrogen and oxygen atoms in total. The van der Waals surface area contributed by atoms with E-state index in [0.29, 0.717) is 25.4 Å². The average molecular weight is 296 g/mol. The molecule has 1 aromatic carbocycles. The molecule has 0 fully saturated rings. The fourth-order valence-corrected chi connectivity index (χ4v) is 1.83. The van der Waals surface area contributed by atoms with E-state index in [0.717, 1.165) is 5.56 Å². The van der Waals surface area contributed by atoms with Gasteiger partial charge in [-0.25, -0.2) is 9.78 Å². The molecule has 0 saturated carbocycles. The number of nitrogens with zero attached hydrogens (tertiary/aromatic N) is 2. The quantitative estimate of drug-likeness (QED) is 0.766. The first-order chi connectivity index (χ1) is 10.8. The smallest absolute Gasteiger partial charge is 0.358 e. The lowest BCUT2D eigenvalue weighted by atomic mass is 10.2. The minimum absolute atomic E-state index is 0.0125. The Morgan fingerprint density at radius 2 is 2.05 bits per heavy atom. The summed E-state index contributed by atoms with van der Waals surface area (Å²) in [5.41, 5.74) is 1.05. The first-order valence-electron chi connectivity index (χ1n) is 6.99. The molecule has 0 aliphatic rings. The van der Waals surface area contributed by atoms with Gasteiger partial charge in [-0.1, -0.05) is 37.3 Å². The Hall–Kier alpha value is -2.87. The Morgan fingerprint density at radius 3 is 2.73 bits per heavy atom. The number of hydrogen-bond donors (Lipinski definition) is 0. The van der Waals surface area contributed by atoms with Crippen molar-refractivity contribution in [1.29, 1.82) is 5.26 Å². The van der Waals surface area contributed by atoms with Crippen molar-refractivity contribution in [2.75, 3.05) is 6.61 Å². The number of aromatic nitrogens is 1. The van der Waals surface area contributed by atoms with Crippen LogP contribution in [0.1, 0.15) is 35.0 Å². The van der Waals surface area contributed by atoms with Gasteiger partial charge in [-0.05, 0) is 18.1 Å². The number of carbonyl (C=O) groups excluding carboxylic acids is 1. The van der Waals surface area contributed by atoms with E-state index in [1.165, 1.54) is 6.20 Å². The van der Waals surface area contributed by atoms with E-state index in [2.05, 4.69) is 4.98 Å². The van der Waals surface area contributed by atoms with Crippen molar-refractivity contribution in [2.45, 2.75) is 20.0 Å². The monoisotopic (exact) mass is 296 g/mol. The van der Waals surface area contributed by atoms with Gasteiger partial charge in [-0.3, -0.25) is 0 Å². The molecule has 2 aromatic rings. The van der Waals surface area contributed by atoms with E-state index in [-0.39, 0.29) is 11.3 Å². The number of hydrogen-bond acceptors (Lipinski definition) is 5. The summed E-state index contributed by atoms with van der Waals surface area (Å²) < 4.78 is 10.7. The Labute approximate surface area is 129 Å². The van der Waals surface area contributed by atoms with E-state index in [9.17, 15) is 10.1 Å². The first kappa shape index (κ1) is 15.5. The minimum Gasteiger partial charge on any atom is -0.487 e. The molecule has 5 heteroatoms. The molecule has 2 rings (SSSR count). The second kappa shape index (κ2) is 7.79. The lowest BCUT2D eigenvalue weighted by Gasteiger charge is -2.10. The maximum absolute atomic E-state index is 11.9. The summed E-state index contributed by atoms with van der Waals surface area (Å²) in [5, 5.41) is 9.29. The minimum atomic E-state index is -0.608. The Balaban J connectivity index is 2.18. The molecule has 0 unspecified atom stereocenters. The van der Waals surface area contributed by atoms with Crippen LogP contribution in [0.15, 0.2) is 42.6 Å². The Bertz CT molecular complexity index is 678. The highest BCUT2D eigenvalue weighted by Crippen LogP contribution is 2.21. The maximum Gasteiger partial charge on any atom is 0.358 e. The number of ether oxygens (including phenoxy) is 2. The molecular weight excluding hydrogens is 280 g/mol. The molecule has 1 heterocycles. The van der Waals surface area contributed by atoms with E-state index in [4.69, 9.17) is 9.47 Å². The lowest BCUT2D eigenvalue weighted by Crippen LogP contribution is -2.11. The number of benzene rings is 1. The van der Waals surface area contributed by atoms with Crippen molar-refractivity contribution >= 4 is 5.97 Å². The third-order valence-electron chi connectivity index (χ3n) is 2.89. The third-order valence-corrected chi connectivity index (χ3v) is 2.89. The van der Waals surface area contributed by atoms with Gasteiger partial charge in [0.25, 0.3) is 0 Å². The molecule has 0 saturated heterocycles. The van der Waals surface area contributed by atoms with Crippen molar-refractivity contribution in [3.05, 3.63) is 59.4 Å². The summed E-state index contributed by atoms with van der Waals surface area (Å²) in [6.45, 7) is 2.49. The molecule has 0 aliphatic heterocycles. The Morgan fingerprint density at radius 1 is 1.27 bits per heavy atom. The first-order valence-corrected chi connectivity index (χ1v) is 6.99. The van der Waals surface area contributed by atoms with Crippen LogP contribution in [0.2, 0.25) is 0 Å². The van der Waals surface area contributed by atoms with E-state index >= 15 is 0 Å². The van der Waals surface area contributed by atoms with Crippen molar-refractivity contribution < 1.29 is 14.3 Å². The lowest BCUT2D eigenvalue weighted by molar-refractivity contribution is 0.0497. The number of carbonyl (C=O) groups is 1. The maximum atomic E-state index is 11.9. The number of pyridine rings is 1. The molecule has 112 valence electrons. The summed E-state index contributed by atoms with van der Waals surface area (Å²) in [4.78, 5) is 15.9. The average Bonchev–Trinajstić information content (AvgIpc) is 2.58. The van der Waals surface area contributed by atoms with Crippen LogP contribution < -0.4 is 4.74 Å². The van der Waals surface area contributed by atoms with Crippen molar-refractivity contribution in [3.63, 3.8) is 0 Å². The van der Waals surface area contributed by atoms with Gasteiger partial charge < -0.3 is 9.47 Å². The van der Waals surface area contributed by atoms with Crippen LogP contribution in [0.4, 0.5) is 0 Å². The molecule has 0 atom stereocenters. The van der Waals surface area contributed by atoms with Gasteiger partial charge in [-0.2, -0.15) is 5.26 Å². The normalized spacial score (nSPS) is 9.82. The van der Waals surface area contributed by atoms with Gasteiger partial charge in [0.1, 0.15) is 24.0 Å². The zero-order chi connectivity index (χ0) is 15.8. The second-order valence-electron chi connectivity index (χ2n) is 4.55. The summed E-state index contributed by atoms with van der Waals surface area (Å²) in [7, 11) is 0. The SMILES string of the molecule is CCCOC(=O)c1nccc(OCc2ccccc2)c1C#N. The van der Waals surface area contributed by atoms with Crippen molar-refractivity contribution in [3.8, 4) is 11.8 Å². The van der Waals surface area contributed by atoms with Gasteiger partial charge in [0.15, 0.2) is 5.69 Å². The van der Waals surface area contributed by atoms with Crippen LogP contribution in [0.25, 0.3) is 0 Å². The van der Waals surface area contributed by atoms with Crippen LogP contribution >= 0.6 is 0 Å². The molecule has 0 aliphatic carbocycles. The van der Waals surface area contributed by atoms with Gasteiger partial charge in [-0.15, -0.1) is 0 Å². The summed E-state index contributed by atoms with van der Waals surface area (Å²) in [6.07, 6.45) is 2.14. The van der Waals surface area contributed by atoms with Gasteiger partial charge in [0, 0.05) is 6.20 Å². The molecule has 0 radical (unpaired) electrons. The van der Waals surface area contributed by atoms with Crippen molar-refractivity contribution in [2.24, 2.45) is 0 Å². The van der Waals surface area contributed by atoms with E-state index in [1.807, 2.05) is 43.3 Å². The summed E-state index contributed by atoms with van der Waals surface area (Å²) in [5.74, 6) is -0.284. The molecular formula is C17H16N2O3. The standard InChI is InChI=1S/C17H16N2O3/c1-2-10-21-17(20)16-14(11-18)15(8-9-19-16)22-12-13-6-4-3-5-7-13/h3-9H,2,10,12H2,1H3. The molecule has 1 aromatic heterocycles. The fraction of sp³-hybridized carbons (Fsp3) is 0.235. The van der Waals surface area contributed by atoms with Gasteiger partial charge in [0.05, 0.1) is 6.61 Å². The molecule has 22 heavy (non-hydrogen) atoms. The van der Waals surface area contributed by atoms with E-state index < -0.39 is 5.97 Å². The topological polar surface area (TPSA) is 72.2 Å². The van der Waals surface area contributed by atoms with Crippen LogP contribution in [-0.2, 0) is 11.3 Å². The molecule has 0 spiro atoms. The highest BCUT2D eigenvalue weighted by Gasteiger charge is 2.18. The number of nitriles is 1. The number of esters is 1. The predicted molar refractivity (Wildman–Crippen MR) is 80.3 cm³/mol. The molecule has 0 bridgehead atoms. The molecule has 0 amide bonds. The van der Waals surface area contributed by atoms with Gasteiger partial charge in [0.2, 0.25) is 0 Å². The third kappa shape index (κ3) is 3.83. The summed E-state index contributed by atoms with van der Waals surface area (Å²) in [6, 6.07) is 13.1. The molecule has 0 N–H and O–H groups in total. The fourth-order valence-electron chi connectivity index (χ4n) is 1.83. The van der Waals surface area contributed by atoms with Crippen LogP contribution in [0.3, 0.4) is 0 Å². The van der Waals surface area contributed by atoms with Crippen LogP contribution in [0.5, 0.6) is 5.75 Å². The van der Waals surface area contributed by atoms with Gasteiger partial charge >= 0.3 is 5.97 Å². The highest BCUT2D eigenvalue weighted by atomic mass is 16.5. The number of rotatable bonds is 6. The zero-order valence-corrected chi connectivity index (χ0v) is 12.3. The predicted octanol–water partition coefficient (Wildman–Crippen LogP) is 3.10. The van der Waals surface area contributed by atoms with Crippen LogP contribution in [0, 0.1) is 11.3 Å². The second-order valence-corrected chi connectivity index (χ2v) is 4.55. The summed E-state index contributed by atoms with van der Waals surface area (Å²) >= 11 is 0.